The predicted octanol–water partition coefficient (Wildman–Crippen LogP) is 2.25. The van der Waals surface area contributed by atoms with Crippen LogP contribution < -0.4 is 10.1 Å². The molecule has 2 N–H and O–H groups in total. The maximum Gasteiger partial charge on any atom is 0.263 e. The van der Waals surface area contributed by atoms with E-state index >= 15 is 0 Å². The summed E-state index contributed by atoms with van der Waals surface area (Å²) in [6.45, 7) is 4.49. The molecule has 0 aliphatic carbocycles. The molecule has 2 rings (SSSR count). The van der Waals surface area contributed by atoms with Gasteiger partial charge in [-0.05, 0) is 36.8 Å². The predicted molar refractivity (Wildman–Crippen MR) is 68.7 cm³/mol. The largest absolute Gasteiger partial charge is 0.489 e. The molecule has 0 aliphatic heterocycles. The van der Waals surface area contributed by atoms with Crippen LogP contribution in [-0.2, 0) is 6.54 Å². The zero-order chi connectivity index (χ0) is 13.0. The Labute approximate surface area is 110 Å². The smallest absolute Gasteiger partial charge is 0.263 e. The lowest BCUT2D eigenvalue weighted by molar-refractivity contribution is 0.242. The maximum atomic E-state index is 6.13. The minimum absolute atomic E-state index is 0.103. The number of hydrogen-bond donors (Lipinski definition) is 2. The average Bonchev–Trinajstić information content (AvgIpc) is 2.82. The standard InChI is InChI=1S/C11H14ClN5O/c1-7(2)18-10-4-3-8(5-9(10)12)6-13-11-14-16-17-15-11/h3-5,7H,6H2,1-2H3,(H2,13,14,15,16,17). The van der Waals surface area contributed by atoms with Gasteiger partial charge in [-0.25, -0.2) is 0 Å². The second kappa shape index (κ2) is 5.68. The van der Waals surface area contributed by atoms with Gasteiger partial charge in [0.05, 0.1) is 11.1 Å². The van der Waals surface area contributed by atoms with Crippen LogP contribution in [0.4, 0.5) is 5.95 Å². The summed E-state index contributed by atoms with van der Waals surface area (Å²) < 4.78 is 5.56. The summed E-state index contributed by atoms with van der Waals surface area (Å²) in [7, 11) is 0. The number of aromatic nitrogens is 4. The van der Waals surface area contributed by atoms with E-state index in [0.717, 1.165) is 5.56 Å². The van der Waals surface area contributed by atoms with Gasteiger partial charge in [-0.15, -0.1) is 5.10 Å². The van der Waals surface area contributed by atoms with Crippen molar-refractivity contribution in [3.63, 3.8) is 0 Å². The molecule has 0 bridgehead atoms. The maximum absolute atomic E-state index is 6.13. The molecule has 2 aromatic rings. The molecular formula is C11H14ClN5O. The van der Waals surface area contributed by atoms with Crippen LogP contribution in [-0.4, -0.2) is 26.7 Å². The van der Waals surface area contributed by atoms with Crippen molar-refractivity contribution >= 4 is 17.5 Å². The molecule has 18 heavy (non-hydrogen) atoms. The van der Waals surface area contributed by atoms with Crippen molar-refractivity contribution in [1.29, 1.82) is 0 Å². The lowest BCUT2D eigenvalue weighted by atomic mass is 10.2. The van der Waals surface area contributed by atoms with Crippen molar-refractivity contribution in [1.82, 2.24) is 20.6 Å². The van der Waals surface area contributed by atoms with Crippen molar-refractivity contribution in [2.45, 2.75) is 26.5 Å². The van der Waals surface area contributed by atoms with E-state index in [1.807, 2.05) is 32.0 Å². The molecule has 96 valence electrons. The van der Waals surface area contributed by atoms with Crippen molar-refractivity contribution < 1.29 is 4.74 Å². The minimum Gasteiger partial charge on any atom is -0.489 e. The summed E-state index contributed by atoms with van der Waals surface area (Å²) in [5.74, 6) is 1.14. The van der Waals surface area contributed by atoms with Crippen molar-refractivity contribution in [2.75, 3.05) is 5.32 Å². The van der Waals surface area contributed by atoms with E-state index in [1.54, 1.807) is 0 Å². The first-order chi connectivity index (χ1) is 8.65. The number of anilines is 1. The number of aromatic amines is 1. The fraction of sp³-hybridized carbons (Fsp3) is 0.364. The third kappa shape index (κ3) is 3.33. The summed E-state index contributed by atoms with van der Waals surface area (Å²) in [5.41, 5.74) is 1.01. The van der Waals surface area contributed by atoms with Crippen LogP contribution >= 0.6 is 11.6 Å². The number of nitrogens with one attached hydrogen (secondary N) is 2. The Morgan fingerprint density at radius 3 is 2.89 bits per heavy atom. The summed E-state index contributed by atoms with van der Waals surface area (Å²) in [6.07, 6.45) is 0.103. The first-order valence-electron chi connectivity index (χ1n) is 5.57. The highest BCUT2D eigenvalue weighted by Crippen LogP contribution is 2.26. The lowest BCUT2D eigenvalue weighted by Crippen LogP contribution is -2.06. The lowest BCUT2D eigenvalue weighted by Gasteiger charge is -2.12. The fourth-order valence-electron chi connectivity index (χ4n) is 1.42. The number of tetrazole rings is 1. The van der Waals surface area contributed by atoms with Crippen molar-refractivity contribution in [2.24, 2.45) is 0 Å². The van der Waals surface area contributed by atoms with Crippen molar-refractivity contribution in [3.05, 3.63) is 28.8 Å². The molecule has 7 heteroatoms. The third-order valence-electron chi connectivity index (χ3n) is 2.15. The summed E-state index contributed by atoms with van der Waals surface area (Å²) >= 11 is 6.13. The Balaban J connectivity index is 2.00. The van der Waals surface area contributed by atoms with Gasteiger partial charge in [0.15, 0.2) is 0 Å². The molecular weight excluding hydrogens is 254 g/mol. The van der Waals surface area contributed by atoms with E-state index in [0.29, 0.717) is 23.3 Å². The monoisotopic (exact) mass is 267 g/mol. The normalized spacial score (nSPS) is 10.7. The van der Waals surface area contributed by atoms with Gasteiger partial charge in [-0.3, -0.25) is 0 Å². The van der Waals surface area contributed by atoms with Crippen LogP contribution in [0.5, 0.6) is 5.75 Å². The van der Waals surface area contributed by atoms with Gasteiger partial charge < -0.3 is 10.1 Å². The van der Waals surface area contributed by atoms with Crippen LogP contribution in [0.3, 0.4) is 0 Å². The molecule has 0 fully saturated rings. The minimum atomic E-state index is 0.103. The van der Waals surface area contributed by atoms with E-state index in [2.05, 4.69) is 25.9 Å². The fourth-order valence-corrected chi connectivity index (χ4v) is 1.67. The summed E-state index contributed by atoms with van der Waals surface area (Å²) in [6, 6.07) is 5.65. The molecule has 1 heterocycles. The van der Waals surface area contributed by atoms with Gasteiger partial charge >= 0.3 is 0 Å². The molecule has 0 unspecified atom stereocenters. The Hall–Kier alpha value is -1.82. The van der Waals surface area contributed by atoms with Crippen LogP contribution in [0.25, 0.3) is 0 Å². The summed E-state index contributed by atoms with van der Waals surface area (Å²) in [4.78, 5) is 0. The molecule has 0 aliphatic rings. The Morgan fingerprint density at radius 1 is 1.44 bits per heavy atom. The number of rotatable bonds is 5. The average molecular weight is 268 g/mol. The van der Waals surface area contributed by atoms with Crippen LogP contribution in [0.15, 0.2) is 18.2 Å². The Kier molecular flexibility index (Phi) is 3.99. The van der Waals surface area contributed by atoms with Crippen LogP contribution in [0.2, 0.25) is 5.02 Å². The van der Waals surface area contributed by atoms with Crippen LogP contribution in [0, 0.1) is 0 Å². The Bertz CT molecular complexity index is 500. The van der Waals surface area contributed by atoms with E-state index in [-0.39, 0.29) is 6.10 Å². The van der Waals surface area contributed by atoms with Gasteiger partial charge in [0.1, 0.15) is 5.75 Å². The SMILES string of the molecule is CC(C)Oc1ccc(CNc2nn[nH]n2)cc1Cl. The van der Waals surface area contributed by atoms with E-state index in [9.17, 15) is 0 Å². The number of hydrogen-bond acceptors (Lipinski definition) is 5. The second-order valence-electron chi connectivity index (χ2n) is 4.02. The molecule has 1 aromatic heterocycles. The number of nitrogens with zero attached hydrogens (tertiary/aromatic N) is 3. The van der Waals surface area contributed by atoms with Gasteiger partial charge in [0, 0.05) is 6.54 Å². The van der Waals surface area contributed by atoms with Gasteiger partial charge in [0.2, 0.25) is 0 Å². The number of H-pyrrole nitrogens is 1. The van der Waals surface area contributed by atoms with E-state index in [4.69, 9.17) is 16.3 Å². The topological polar surface area (TPSA) is 75.7 Å². The van der Waals surface area contributed by atoms with Gasteiger partial charge in [-0.2, -0.15) is 5.21 Å². The van der Waals surface area contributed by atoms with Crippen molar-refractivity contribution in [3.8, 4) is 5.75 Å². The van der Waals surface area contributed by atoms with E-state index < -0.39 is 0 Å². The Morgan fingerprint density at radius 2 is 2.28 bits per heavy atom. The second-order valence-corrected chi connectivity index (χ2v) is 4.43. The van der Waals surface area contributed by atoms with Gasteiger partial charge in [-0.1, -0.05) is 22.8 Å². The highest BCUT2D eigenvalue weighted by atomic mass is 35.5. The molecule has 0 saturated heterocycles. The zero-order valence-corrected chi connectivity index (χ0v) is 10.9. The molecule has 0 atom stereocenters. The molecule has 1 aromatic carbocycles. The van der Waals surface area contributed by atoms with E-state index in [1.165, 1.54) is 0 Å². The van der Waals surface area contributed by atoms with Crippen LogP contribution in [0.1, 0.15) is 19.4 Å². The zero-order valence-electron chi connectivity index (χ0n) is 10.1. The summed E-state index contributed by atoms with van der Waals surface area (Å²) in [5, 5.41) is 17.0. The van der Waals surface area contributed by atoms with Gasteiger partial charge in [0.25, 0.3) is 5.95 Å². The molecule has 0 spiro atoms. The highest BCUT2D eigenvalue weighted by molar-refractivity contribution is 6.32. The highest BCUT2D eigenvalue weighted by Gasteiger charge is 2.05. The number of ether oxygens (including phenoxy) is 1. The molecule has 0 amide bonds. The first kappa shape index (κ1) is 12.6. The molecule has 0 radical (unpaired) electrons. The number of benzene rings is 1. The quantitative estimate of drug-likeness (QED) is 0.869. The third-order valence-corrected chi connectivity index (χ3v) is 2.45. The molecule has 6 nitrogen and oxygen atoms in total. The molecule has 0 saturated carbocycles. The first-order valence-corrected chi connectivity index (χ1v) is 5.95. The number of halogens is 1.